The Labute approximate surface area is 115 Å². The summed E-state index contributed by atoms with van der Waals surface area (Å²) in [6, 6.07) is 3.46. The largest absolute Gasteiger partial charge is 0.668 e. The quantitative estimate of drug-likeness (QED) is 0.546. The van der Waals surface area contributed by atoms with Crippen molar-refractivity contribution in [3.05, 3.63) is 0 Å². The Kier molecular flexibility index (Phi) is 9.36. The van der Waals surface area contributed by atoms with Gasteiger partial charge in [-0.15, -0.1) is 0 Å². The molecule has 0 aromatic rings. The van der Waals surface area contributed by atoms with Crippen LogP contribution in [0.2, 0.25) is 18.1 Å². The van der Waals surface area contributed by atoms with E-state index in [1.807, 2.05) is 0 Å². The van der Waals surface area contributed by atoms with Crippen molar-refractivity contribution < 1.29 is 17.4 Å². The Morgan fingerprint density at radius 1 is 0.667 bits per heavy atom. The molecule has 4 nitrogen and oxygen atoms in total. The lowest BCUT2D eigenvalue weighted by Crippen LogP contribution is -2.56. The van der Waals surface area contributed by atoms with E-state index < -0.39 is 17.4 Å². The van der Waals surface area contributed by atoms with Gasteiger partial charge in [0, 0.05) is 21.3 Å². The zero-order chi connectivity index (χ0) is 14.1. The third kappa shape index (κ3) is 5.10. The predicted molar refractivity (Wildman–Crippen MR) is 78.9 cm³/mol. The molecule has 0 N–H and O–H groups in total. The van der Waals surface area contributed by atoms with Crippen molar-refractivity contribution in [2.45, 2.75) is 58.2 Å². The predicted octanol–water partition coefficient (Wildman–Crippen LogP) is 3.55. The van der Waals surface area contributed by atoms with E-state index in [2.05, 4.69) is 20.8 Å². The van der Waals surface area contributed by atoms with Crippen LogP contribution in [0.1, 0.15) is 40.0 Å². The lowest BCUT2D eigenvalue weighted by Gasteiger charge is -2.37. The zero-order valence-corrected chi connectivity index (χ0v) is 14.9. The van der Waals surface area contributed by atoms with E-state index >= 15 is 0 Å². The van der Waals surface area contributed by atoms with Crippen LogP contribution in [0, 0.1) is 0 Å². The zero-order valence-electron chi connectivity index (χ0n) is 12.9. The second-order valence-electron chi connectivity index (χ2n) is 4.65. The Hall–Kier alpha value is 0.274. The van der Waals surface area contributed by atoms with E-state index in [4.69, 9.17) is 17.4 Å². The standard InChI is InChI=1S/C12H30O4Si2/c1-7-10-17(11-8-2,12-9-3)16-18(13-4,14-5)15-6/h7-12H2,1-6H3. The highest BCUT2D eigenvalue weighted by Crippen LogP contribution is 2.31. The van der Waals surface area contributed by atoms with E-state index in [1.165, 1.54) is 0 Å². The normalized spacial score (nSPS) is 13.0. The lowest BCUT2D eigenvalue weighted by molar-refractivity contribution is 0.0465. The smallest absolute Gasteiger partial charge is 0.393 e. The molecule has 0 rings (SSSR count). The molecule has 0 aliphatic heterocycles. The molecule has 0 saturated heterocycles. The van der Waals surface area contributed by atoms with Crippen LogP contribution in [0.15, 0.2) is 0 Å². The van der Waals surface area contributed by atoms with Crippen molar-refractivity contribution in [3.8, 4) is 0 Å². The molecular formula is C12H30O4Si2. The first kappa shape index (κ1) is 18.3. The molecule has 0 aliphatic carbocycles. The van der Waals surface area contributed by atoms with Crippen LogP contribution in [0.25, 0.3) is 0 Å². The first-order valence-corrected chi connectivity index (χ1v) is 11.1. The highest BCUT2D eigenvalue weighted by Gasteiger charge is 2.50. The van der Waals surface area contributed by atoms with E-state index in [0.717, 1.165) is 37.4 Å². The second-order valence-corrected chi connectivity index (χ2v) is 11.6. The summed E-state index contributed by atoms with van der Waals surface area (Å²) >= 11 is 0. The van der Waals surface area contributed by atoms with Crippen LogP contribution in [0.5, 0.6) is 0 Å². The van der Waals surface area contributed by atoms with Crippen molar-refractivity contribution >= 4 is 17.4 Å². The minimum atomic E-state index is -2.90. The lowest BCUT2D eigenvalue weighted by atomic mass is 10.6. The van der Waals surface area contributed by atoms with Gasteiger partial charge in [-0.25, -0.2) is 0 Å². The summed E-state index contributed by atoms with van der Waals surface area (Å²) in [6.45, 7) is 6.64. The third-order valence-corrected chi connectivity index (χ3v) is 11.7. The minimum absolute atomic E-state index is 1.15. The molecule has 18 heavy (non-hydrogen) atoms. The molecule has 0 aromatic heterocycles. The fraction of sp³-hybridized carbons (Fsp3) is 1.00. The maximum absolute atomic E-state index is 6.41. The van der Waals surface area contributed by atoms with Gasteiger partial charge in [0.15, 0.2) is 8.32 Å². The van der Waals surface area contributed by atoms with Gasteiger partial charge in [-0.1, -0.05) is 40.0 Å². The first-order valence-electron chi connectivity index (χ1n) is 6.93. The molecule has 0 fully saturated rings. The van der Waals surface area contributed by atoms with Gasteiger partial charge in [0.1, 0.15) is 0 Å². The average Bonchev–Trinajstić information content (AvgIpc) is 2.37. The van der Waals surface area contributed by atoms with Crippen LogP contribution in [0.3, 0.4) is 0 Å². The van der Waals surface area contributed by atoms with Crippen molar-refractivity contribution in [3.63, 3.8) is 0 Å². The topological polar surface area (TPSA) is 36.9 Å². The maximum atomic E-state index is 6.41. The molecule has 0 unspecified atom stereocenters. The van der Waals surface area contributed by atoms with E-state index in [9.17, 15) is 0 Å². The summed E-state index contributed by atoms with van der Waals surface area (Å²) in [5.41, 5.74) is 0. The molecule has 0 saturated carbocycles. The summed E-state index contributed by atoms with van der Waals surface area (Å²) in [5, 5.41) is 0. The molecule has 0 atom stereocenters. The van der Waals surface area contributed by atoms with Gasteiger partial charge in [-0.2, -0.15) is 0 Å². The fourth-order valence-corrected chi connectivity index (χ4v) is 10.9. The van der Waals surface area contributed by atoms with E-state index in [0.29, 0.717) is 0 Å². The van der Waals surface area contributed by atoms with Crippen molar-refractivity contribution in [2.75, 3.05) is 21.3 Å². The molecule has 0 aliphatic rings. The molecular weight excluding hydrogens is 264 g/mol. The Morgan fingerprint density at radius 3 is 1.22 bits per heavy atom. The summed E-state index contributed by atoms with van der Waals surface area (Å²) in [7, 11) is 0.130. The van der Waals surface area contributed by atoms with Crippen LogP contribution in [-0.4, -0.2) is 38.7 Å². The minimum Gasteiger partial charge on any atom is -0.393 e. The van der Waals surface area contributed by atoms with E-state index in [-0.39, 0.29) is 0 Å². The van der Waals surface area contributed by atoms with Gasteiger partial charge < -0.3 is 17.4 Å². The summed E-state index contributed by atoms with van der Waals surface area (Å²) < 4.78 is 22.7. The SMILES string of the molecule is CCC[Si](CCC)(CCC)O[Si](OC)(OC)OC. The molecule has 0 spiro atoms. The van der Waals surface area contributed by atoms with Gasteiger partial charge in [0.05, 0.1) is 0 Å². The molecule has 0 aromatic carbocycles. The Bertz CT molecular complexity index is 185. The highest BCUT2D eigenvalue weighted by atomic mass is 28.5. The molecule has 0 heterocycles. The fourth-order valence-electron chi connectivity index (χ4n) is 2.54. The monoisotopic (exact) mass is 294 g/mol. The number of rotatable bonds is 11. The second kappa shape index (κ2) is 9.22. The molecule has 110 valence electrons. The van der Waals surface area contributed by atoms with Crippen LogP contribution in [-0.2, 0) is 17.4 Å². The average molecular weight is 295 g/mol. The molecule has 6 heteroatoms. The van der Waals surface area contributed by atoms with Crippen LogP contribution >= 0.6 is 0 Å². The van der Waals surface area contributed by atoms with Gasteiger partial charge in [0.25, 0.3) is 0 Å². The van der Waals surface area contributed by atoms with Crippen molar-refractivity contribution in [2.24, 2.45) is 0 Å². The van der Waals surface area contributed by atoms with E-state index in [1.54, 1.807) is 21.3 Å². The number of hydrogen-bond acceptors (Lipinski definition) is 4. The molecule has 0 amide bonds. The summed E-state index contributed by atoms with van der Waals surface area (Å²) in [5.74, 6) is 0. The first-order chi connectivity index (χ1) is 8.57. The third-order valence-electron chi connectivity index (χ3n) is 3.21. The van der Waals surface area contributed by atoms with Crippen molar-refractivity contribution in [1.82, 2.24) is 0 Å². The van der Waals surface area contributed by atoms with Gasteiger partial charge in [0.2, 0.25) is 0 Å². The summed E-state index contributed by atoms with van der Waals surface area (Å²) in [4.78, 5) is 0. The summed E-state index contributed by atoms with van der Waals surface area (Å²) in [6.07, 6.45) is 3.44. The van der Waals surface area contributed by atoms with Crippen molar-refractivity contribution in [1.29, 1.82) is 0 Å². The Balaban J connectivity index is 5.02. The van der Waals surface area contributed by atoms with Gasteiger partial charge >= 0.3 is 9.05 Å². The van der Waals surface area contributed by atoms with Gasteiger partial charge in [-0.3, -0.25) is 0 Å². The van der Waals surface area contributed by atoms with Crippen LogP contribution < -0.4 is 0 Å². The van der Waals surface area contributed by atoms with Crippen LogP contribution in [0.4, 0.5) is 0 Å². The van der Waals surface area contributed by atoms with Gasteiger partial charge in [-0.05, 0) is 18.1 Å². The molecule has 0 bridgehead atoms. The highest BCUT2D eigenvalue weighted by molar-refractivity contribution is 6.80. The Morgan fingerprint density at radius 2 is 1.00 bits per heavy atom. The maximum Gasteiger partial charge on any atom is 0.668 e. The number of hydrogen-bond donors (Lipinski definition) is 0. The molecule has 0 radical (unpaired) electrons.